The van der Waals surface area contributed by atoms with E-state index in [1.807, 2.05) is 0 Å². The molecule has 3 aromatic rings. The normalized spacial score (nSPS) is 15.5. The number of amides is 1. The predicted octanol–water partition coefficient (Wildman–Crippen LogP) is 4.22. The van der Waals surface area contributed by atoms with Crippen molar-refractivity contribution in [3.63, 3.8) is 0 Å². The van der Waals surface area contributed by atoms with Gasteiger partial charge < -0.3 is 14.6 Å². The molecule has 1 fully saturated rings. The second-order valence-electron chi connectivity index (χ2n) is 8.11. The van der Waals surface area contributed by atoms with E-state index in [0.717, 1.165) is 0 Å². The Morgan fingerprint density at radius 3 is 2.77 bits per heavy atom. The molecule has 1 atom stereocenters. The molecule has 2 aromatic heterocycles. The molecule has 0 spiro atoms. The van der Waals surface area contributed by atoms with Gasteiger partial charge in [-0.3, -0.25) is 19.1 Å². The summed E-state index contributed by atoms with van der Waals surface area (Å²) in [5.41, 5.74) is 2.25. The first-order valence-corrected chi connectivity index (χ1v) is 12.3. The summed E-state index contributed by atoms with van der Waals surface area (Å²) in [5, 5.41) is 9.23. The van der Waals surface area contributed by atoms with Crippen LogP contribution in [0, 0.1) is 0 Å². The first-order chi connectivity index (χ1) is 16.9. The molecule has 0 aliphatic carbocycles. The lowest BCUT2D eigenvalue weighted by atomic mass is 10.1. The largest absolute Gasteiger partial charge is 0.444 e. The number of pyridine rings is 1. The number of cyclic esters (lactones) is 1. The molecular formula is C25H25ClN2O6S. The summed E-state index contributed by atoms with van der Waals surface area (Å²) >= 11 is 7.14. The van der Waals surface area contributed by atoms with E-state index >= 15 is 0 Å². The van der Waals surface area contributed by atoms with E-state index in [1.54, 1.807) is 55.8 Å². The number of aliphatic hydroxyl groups excluding tert-OH is 1. The standard InChI is InChI=1S/C25H25ClN2O6S/c1-33-15-17-13-18(4-6-20(17)27-11-2-3-16(10-12-29)24(27)31)28-14-19(34-25(28)32)5-7-21(30)22-8-9-23(26)35-22/h2-4,6,8-9,11,13,19,29H,5,7,10,12,14-15H2,1H3/t19-/m0/s1. The maximum Gasteiger partial charge on any atom is 0.414 e. The Hall–Kier alpha value is -2.98. The fourth-order valence-corrected chi connectivity index (χ4v) is 5.06. The lowest BCUT2D eigenvalue weighted by Gasteiger charge is -2.18. The van der Waals surface area contributed by atoms with Crippen molar-refractivity contribution < 1.29 is 24.2 Å². The van der Waals surface area contributed by atoms with Gasteiger partial charge in [-0.2, -0.15) is 0 Å². The molecule has 1 aromatic carbocycles. The Kier molecular flexibility index (Phi) is 8.02. The second-order valence-corrected chi connectivity index (χ2v) is 9.83. The second kappa shape index (κ2) is 11.2. The summed E-state index contributed by atoms with van der Waals surface area (Å²) in [5.74, 6) is -0.0306. The van der Waals surface area contributed by atoms with Crippen LogP contribution in [0.2, 0.25) is 4.34 Å². The van der Waals surface area contributed by atoms with Crippen LogP contribution in [0.4, 0.5) is 10.5 Å². The molecule has 4 rings (SSSR count). The minimum atomic E-state index is -0.486. The number of rotatable bonds is 10. The van der Waals surface area contributed by atoms with Crippen LogP contribution in [-0.4, -0.2) is 47.9 Å². The van der Waals surface area contributed by atoms with Gasteiger partial charge in [0.2, 0.25) is 0 Å². The number of ketones is 1. The third-order valence-corrected chi connectivity index (χ3v) is 7.03. The number of hydrogen-bond donors (Lipinski definition) is 1. The van der Waals surface area contributed by atoms with Gasteiger partial charge in [0.05, 0.1) is 28.1 Å². The number of ether oxygens (including phenoxy) is 2. The van der Waals surface area contributed by atoms with Crippen molar-refractivity contribution in [2.24, 2.45) is 0 Å². The maximum absolute atomic E-state index is 12.9. The Balaban J connectivity index is 1.51. The number of halogens is 1. The van der Waals surface area contributed by atoms with E-state index in [1.165, 1.54) is 20.8 Å². The zero-order chi connectivity index (χ0) is 24.9. The minimum Gasteiger partial charge on any atom is -0.444 e. The molecule has 0 unspecified atom stereocenters. The van der Waals surface area contributed by atoms with Gasteiger partial charge in [-0.15, -0.1) is 11.3 Å². The van der Waals surface area contributed by atoms with Crippen molar-refractivity contribution in [3.8, 4) is 5.69 Å². The van der Waals surface area contributed by atoms with Crippen molar-refractivity contribution in [1.29, 1.82) is 0 Å². The highest BCUT2D eigenvalue weighted by Gasteiger charge is 2.33. The minimum absolute atomic E-state index is 0.0306. The molecule has 8 nitrogen and oxygen atoms in total. The molecule has 1 saturated heterocycles. The van der Waals surface area contributed by atoms with Gasteiger partial charge in [-0.05, 0) is 42.8 Å². The SMILES string of the molecule is COCc1cc(N2C[C@H](CCC(=O)c3ccc(Cl)s3)OC2=O)ccc1-n1cccc(CCO)c1=O. The molecular weight excluding hydrogens is 492 g/mol. The van der Waals surface area contributed by atoms with E-state index in [0.29, 0.717) is 44.7 Å². The van der Waals surface area contributed by atoms with Crippen LogP contribution in [-0.2, 0) is 22.5 Å². The lowest BCUT2D eigenvalue weighted by molar-refractivity contribution is 0.0943. The molecule has 1 aliphatic rings. The molecule has 1 aliphatic heterocycles. The van der Waals surface area contributed by atoms with Crippen molar-refractivity contribution >= 4 is 40.5 Å². The number of aromatic nitrogens is 1. The molecule has 0 saturated carbocycles. The van der Waals surface area contributed by atoms with Gasteiger partial charge in [-0.25, -0.2) is 4.79 Å². The average Bonchev–Trinajstić information content (AvgIpc) is 3.45. The monoisotopic (exact) mass is 516 g/mol. The van der Waals surface area contributed by atoms with Crippen LogP contribution in [0.3, 0.4) is 0 Å². The number of methoxy groups -OCH3 is 1. The zero-order valence-corrected chi connectivity index (χ0v) is 20.7. The van der Waals surface area contributed by atoms with Gasteiger partial charge in [0.15, 0.2) is 5.78 Å². The summed E-state index contributed by atoms with van der Waals surface area (Å²) < 4.78 is 12.9. The van der Waals surface area contributed by atoms with Crippen molar-refractivity contribution in [2.45, 2.75) is 32.0 Å². The van der Waals surface area contributed by atoms with Gasteiger partial charge in [0.1, 0.15) is 6.10 Å². The molecule has 10 heteroatoms. The Labute approximate surface area is 211 Å². The van der Waals surface area contributed by atoms with Crippen LogP contribution < -0.4 is 10.5 Å². The van der Waals surface area contributed by atoms with E-state index in [9.17, 15) is 19.5 Å². The smallest absolute Gasteiger partial charge is 0.414 e. The van der Waals surface area contributed by atoms with Gasteiger partial charge >= 0.3 is 6.09 Å². The third-order valence-electron chi connectivity index (χ3n) is 5.76. The number of benzene rings is 1. The molecule has 1 N–H and O–H groups in total. The first kappa shape index (κ1) is 25.1. The van der Waals surface area contributed by atoms with E-state index in [4.69, 9.17) is 21.1 Å². The number of nitrogens with zero attached hydrogens (tertiary/aromatic N) is 2. The number of thiophene rings is 1. The maximum atomic E-state index is 12.9. The summed E-state index contributed by atoms with van der Waals surface area (Å²) in [7, 11) is 1.55. The molecule has 184 valence electrons. The van der Waals surface area contributed by atoms with Crippen molar-refractivity contribution in [1.82, 2.24) is 4.57 Å². The van der Waals surface area contributed by atoms with Gasteiger partial charge in [0.25, 0.3) is 5.56 Å². The first-order valence-electron chi connectivity index (χ1n) is 11.1. The lowest BCUT2D eigenvalue weighted by Crippen LogP contribution is -2.26. The molecule has 35 heavy (non-hydrogen) atoms. The number of anilines is 1. The van der Waals surface area contributed by atoms with E-state index in [2.05, 4.69) is 0 Å². The summed E-state index contributed by atoms with van der Waals surface area (Å²) in [4.78, 5) is 39.9. The molecule has 3 heterocycles. The fraction of sp³-hybridized carbons (Fsp3) is 0.320. The highest BCUT2D eigenvalue weighted by molar-refractivity contribution is 7.18. The van der Waals surface area contributed by atoms with Crippen LogP contribution >= 0.6 is 22.9 Å². The molecule has 0 bridgehead atoms. The molecule has 1 amide bonds. The van der Waals surface area contributed by atoms with Crippen LogP contribution in [0.25, 0.3) is 5.69 Å². The number of hydrogen-bond acceptors (Lipinski definition) is 7. The van der Waals surface area contributed by atoms with Crippen molar-refractivity contribution in [3.05, 3.63) is 79.4 Å². The van der Waals surface area contributed by atoms with E-state index in [-0.39, 0.29) is 37.4 Å². The fourth-order valence-electron chi connectivity index (χ4n) is 4.05. The third kappa shape index (κ3) is 5.65. The number of carbonyl (C=O) groups is 2. The Bertz CT molecular complexity index is 1290. The van der Waals surface area contributed by atoms with Crippen LogP contribution in [0.15, 0.2) is 53.5 Å². The molecule has 0 radical (unpaired) electrons. The highest BCUT2D eigenvalue weighted by Crippen LogP contribution is 2.29. The van der Waals surface area contributed by atoms with Crippen LogP contribution in [0.1, 0.15) is 33.6 Å². The summed E-state index contributed by atoms with van der Waals surface area (Å²) in [6, 6.07) is 12.1. The van der Waals surface area contributed by atoms with E-state index < -0.39 is 12.2 Å². The Morgan fingerprint density at radius 2 is 2.06 bits per heavy atom. The zero-order valence-electron chi connectivity index (χ0n) is 19.1. The predicted molar refractivity (Wildman–Crippen MR) is 134 cm³/mol. The highest BCUT2D eigenvalue weighted by atomic mass is 35.5. The average molecular weight is 517 g/mol. The van der Waals surface area contributed by atoms with Crippen molar-refractivity contribution in [2.75, 3.05) is 25.2 Å². The van der Waals surface area contributed by atoms with Crippen LogP contribution in [0.5, 0.6) is 0 Å². The van der Waals surface area contributed by atoms with Gasteiger partial charge in [-0.1, -0.05) is 17.7 Å². The number of carbonyl (C=O) groups excluding carboxylic acids is 2. The summed E-state index contributed by atoms with van der Waals surface area (Å²) in [6.45, 7) is 0.424. The topological polar surface area (TPSA) is 98.1 Å². The number of Topliss-reactive ketones (excluding diaryl/α,β-unsaturated/α-hetero) is 1. The number of aliphatic hydroxyl groups is 1. The Morgan fingerprint density at radius 1 is 1.23 bits per heavy atom. The summed E-state index contributed by atoms with van der Waals surface area (Å²) in [6.07, 6.45) is 1.69. The van der Waals surface area contributed by atoms with Gasteiger partial charge in [0, 0.05) is 49.6 Å². The quantitative estimate of drug-likeness (QED) is 0.405.